The van der Waals surface area contributed by atoms with Crippen LogP contribution in [0.15, 0.2) is 83.8 Å². The van der Waals surface area contributed by atoms with E-state index in [1.165, 1.54) is 24.1 Å². The van der Waals surface area contributed by atoms with E-state index in [0.29, 0.717) is 18.7 Å². The first kappa shape index (κ1) is 28.7. The predicted molar refractivity (Wildman–Crippen MR) is 148 cm³/mol. The predicted octanol–water partition coefficient (Wildman–Crippen LogP) is 4.14. The standard InChI is InChI=1S/C29H35N3O5S/c1-5-27(29(34)30-6-2)31(20-23-11-8-7-9-12-23)28(33)21-32(24-13-10-14-25(19-24)37-4)38(35,36)26-17-15-22(3)16-18-26/h7-19,27H,5-6,20-21H2,1-4H3,(H,30,34)/t27-/m0/s1. The van der Waals surface area contributed by atoms with E-state index in [1.54, 1.807) is 36.4 Å². The summed E-state index contributed by atoms with van der Waals surface area (Å²) < 4.78 is 34.1. The highest BCUT2D eigenvalue weighted by Gasteiger charge is 2.33. The van der Waals surface area contributed by atoms with E-state index in [0.717, 1.165) is 15.4 Å². The van der Waals surface area contributed by atoms with Gasteiger partial charge in [-0.05, 0) is 50.1 Å². The Morgan fingerprint density at radius 2 is 1.63 bits per heavy atom. The number of hydrogen-bond acceptors (Lipinski definition) is 5. The first-order valence-corrected chi connectivity index (χ1v) is 14.0. The van der Waals surface area contributed by atoms with E-state index in [1.807, 2.05) is 51.1 Å². The fraction of sp³-hybridized carbons (Fsp3) is 0.310. The Hall–Kier alpha value is -3.85. The summed E-state index contributed by atoms with van der Waals surface area (Å²) in [7, 11) is -2.64. The van der Waals surface area contributed by atoms with Crippen molar-refractivity contribution < 1.29 is 22.7 Å². The molecule has 0 saturated carbocycles. The molecule has 0 aromatic heterocycles. The summed E-state index contributed by atoms with van der Waals surface area (Å²) in [4.78, 5) is 28.4. The van der Waals surface area contributed by atoms with Gasteiger partial charge in [0.1, 0.15) is 18.3 Å². The highest BCUT2D eigenvalue weighted by atomic mass is 32.2. The number of nitrogens with one attached hydrogen (secondary N) is 1. The Labute approximate surface area is 225 Å². The van der Waals surface area contributed by atoms with E-state index in [-0.39, 0.29) is 23.0 Å². The van der Waals surface area contributed by atoms with Crippen molar-refractivity contribution in [3.8, 4) is 5.75 Å². The molecule has 0 aliphatic rings. The molecule has 3 aromatic carbocycles. The number of hydrogen-bond donors (Lipinski definition) is 1. The molecule has 9 heteroatoms. The zero-order chi connectivity index (χ0) is 27.7. The molecular formula is C29H35N3O5S. The highest BCUT2D eigenvalue weighted by Crippen LogP contribution is 2.28. The van der Waals surface area contributed by atoms with Gasteiger partial charge < -0.3 is 15.0 Å². The van der Waals surface area contributed by atoms with E-state index in [2.05, 4.69) is 5.32 Å². The van der Waals surface area contributed by atoms with Crippen molar-refractivity contribution in [1.82, 2.24) is 10.2 Å². The van der Waals surface area contributed by atoms with Gasteiger partial charge in [-0.15, -0.1) is 0 Å². The number of benzene rings is 3. The van der Waals surface area contributed by atoms with Gasteiger partial charge in [-0.1, -0.05) is 61.0 Å². The number of sulfonamides is 1. The Balaban J connectivity index is 2.06. The summed E-state index contributed by atoms with van der Waals surface area (Å²) in [5, 5.41) is 2.80. The molecule has 0 aliphatic heterocycles. The van der Waals surface area contributed by atoms with Crippen molar-refractivity contribution >= 4 is 27.5 Å². The van der Waals surface area contributed by atoms with Crippen LogP contribution in [-0.2, 0) is 26.2 Å². The number of aryl methyl sites for hydroxylation is 1. The van der Waals surface area contributed by atoms with Crippen molar-refractivity contribution in [1.29, 1.82) is 0 Å². The Morgan fingerprint density at radius 3 is 2.24 bits per heavy atom. The van der Waals surface area contributed by atoms with Crippen LogP contribution in [0, 0.1) is 6.92 Å². The number of anilines is 1. The van der Waals surface area contributed by atoms with Crippen molar-refractivity contribution in [2.45, 2.75) is 44.7 Å². The van der Waals surface area contributed by atoms with Crippen molar-refractivity contribution in [3.63, 3.8) is 0 Å². The summed E-state index contributed by atoms with van der Waals surface area (Å²) in [5.74, 6) is -0.326. The minimum atomic E-state index is -4.13. The summed E-state index contributed by atoms with van der Waals surface area (Å²) >= 11 is 0. The molecule has 0 fully saturated rings. The molecule has 0 bridgehead atoms. The summed E-state index contributed by atoms with van der Waals surface area (Å²) in [6.07, 6.45) is 0.369. The van der Waals surface area contributed by atoms with E-state index in [4.69, 9.17) is 4.74 Å². The second-order valence-corrected chi connectivity index (χ2v) is 10.7. The van der Waals surface area contributed by atoms with Crippen LogP contribution in [0.5, 0.6) is 5.75 Å². The SMILES string of the molecule is CCNC(=O)[C@H](CC)N(Cc1ccccc1)C(=O)CN(c1cccc(OC)c1)S(=O)(=O)c1ccc(C)cc1. The number of carbonyl (C=O) groups is 2. The monoisotopic (exact) mass is 537 g/mol. The van der Waals surface area contributed by atoms with Crippen LogP contribution in [-0.4, -0.2) is 51.4 Å². The molecular weight excluding hydrogens is 502 g/mol. The largest absolute Gasteiger partial charge is 0.497 e. The number of rotatable bonds is 12. The molecule has 3 rings (SSSR count). The van der Waals surface area contributed by atoms with Gasteiger partial charge in [-0.3, -0.25) is 13.9 Å². The smallest absolute Gasteiger partial charge is 0.264 e. The molecule has 3 aromatic rings. The molecule has 0 aliphatic carbocycles. The van der Waals surface area contributed by atoms with Crippen molar-refractivity contribution in [2.24, 2.45) is 0 Å². The second kappa shape index (κ2) is 13.1. The zero-order valence-corrected chi connectivity index (χ0v) is 23.1. The third-order valence-corrected chi connectivity index (χ3v) is 7.95. The minimum Gasteiger partial charge on any atom is -0.497 e. The maximum absolute atomic E-state index is 13.9. The van der Waals surface area contributed by atoms with Gasteiger partial charge in [0.2, 0.25) is 11.8 Å². The number of methoxy groups -OCH3 is 1. The Bertz CT molecular complexity index is 1330. The van der Waals surface area contributed by atoms with E-state index < -0.39 is 28.5 Å². The van der Waals surface area contributed by atoms with Gasteiger partial charge in [0, 0.05) is 19.2 Å². The van der Waals surface area contributed by atoms with Gasteiger partial charge in [-0.25, -0.2) is 8.42 Å². The Morgan fingerprint density at radius 1 is 0.947 bits per heavy atom. The normalized spacial score (nSPS) is 11.9. The molecule has 2 amide bonds. The van der Waals surface area contributed by atoms with Crippen molar-refractivity contribution in [3.05, 3.63) is 90.0 Å². The second-order valence-electron chi connectivity index (χ2n) is 8.85. The zero-order valence-electron chi connectivity index (χ0n) is 22.3. The molecule has 202 valence electrons. The topological polar surface area (TPSA) is 96.0 Å². The van der Waals surface area contributed by atoms with Gasteiger partial charge in [0.05, 0.1) is 17.7 Å². The van der Waals surface area contributed by atoms with Crippen LogP contribution in [0.1, 0.15) is 31.4 Å². The molecule has 1 N–H and O–H groups in total. The van der Waals surface area contributed by atoms with Gasteiger partial charge >= 0.3 is 0 Å². The molecule has 0 heterocycles. The maximum Gasteiger partial charge on any atom is 0.264 e. The third-order valence-electron chi connectivity index (χ3n) is 6.16. The van der Waals surface area contributed by atoms with Crippen LogP contribution < -0.4 is 14.4 Å². The molecule has 8 nitrogen and oxygen atoms in total. The van der Waals surface area contributed by atoms with E-state index >= 15 is 0 Å². The van der Waals surface area contributed by atoms with Crippen LogP contribution in [0.4, 0.5) is 5.69 Å². The molecule has 0 spiro atoms. The van der Waals surface area contributed by atoms with Gasteiger partial charge in [0.25, 0.3) is 10.0 Å². The molecule has 0 saturated heterocycles. The summed E-state index contributed by atoms with van der Waals surface area (Å²) in [6.45, 7) is 5.59. The fourth-order valence-corrected chi connectivity index (χ4v) is 5.53. The van der Waals surface area contributed by atoms with Crippen molar-refractivity contribution in [2.75, 3.05) is 24.5 Å². The highest BCUT2D eigenvalue weighted by molar-refractivity contribution is 7.92. The number of ether oxygens (including phenoxy) is 1. The average Bonchev–Trinajstić information content (AvgIpc) is 2.92. The molecule has 38 heavy (non-hydrogen) atoms. The van der Waals surface area contributed by atoms with Crippen LogP contribution in [0.3, 0.4) is 0 Å². The molecule has 1 atom stereocenters. The van der Waals surface area contributed by atoms with Crippen LogP contribution in [0.25, 0.3) is 0 Å². The number of likely N-dealkylation sites (N-methyl/N-ethyl adjacent to an activating group) is 1. The molecule has 0 unspecified atom stereocenters. The first-order chi connectivity index (χ1) is 18.2. The summed E-state index contributed by atoms with van der Waals surface area (Å²) in [5.41, 5.74) is 2.02. The minimum absolute atomic E-state index is 0.0593. The number of amides is 2. The average molecular weight is 538 g/mol. The Kier molecular flexibility index (Phi) is 9.90. The molecule has 0 radical (unpaired) electrons. The van der Waals surface area contributed by atoms with E-state index in [9.17, 15) is 18.0 Å². The lowest BCUT2D eigenvalue weighted by Gasteiger charge is -2.33. The first-order valence-electron chi connectivity index (χ1n) is 12.6. The lowest BCUT2D eigenvalue weighted by Crippen LogP contribution is -2.52. The number of nitrogens with zero attached hydrogens (tertiary/aromatic N) is 2. The maximum atomic E-state index is 13.9. The number of carbonyl (C=O) groups excluding carboxylic acids is 2. The van der Waals surface area contributed by atoms with Gasteiger partial charge in [-0.2, -0.15) is 0 Å². The fourth-order valence-electron chi connectivity index (χ4n) is 4.12. The lowest BCUT2D eigenvalue weighted by atomic mass is 10.1. The van der Waals surface area contributed by atoms with Crippen LogP contribution >= 0.6 is 0 Å². The quantitative estimate of drug-likeness (QED) is 0.375. The summed E-state index contributed by atoms with van der Waals surface area (Å²) in [6, 6.07) is 21.6. The van der Waals surface area contributed by atoms with Gasteiger partial charge in [0.15, 0.2) is 0 Å². The lowest BCUT2D eigenvalue weighted by molar-refractivity contribution is -0.140. The van der Waals surface area contributed by atoms with Crippen LogP contribution in [0.2, 0.25) is 0 Å². The third kappa shape index (κ3) is 6.92.